The second-order valence-corrected chi connectivity index (χ2v) is 16.9. The van der Waals surface area contributed by atoms with Crippen LogP contribution in [-0.2, 0) is 22.9 Å². The number of benzene rings is 3. The number of rotatable bonds is 10. The largest absolute Gasteiger partial charge is 0.489 e. The highest BCUT2D eigenvalue weighted by molar-refractivity contribution is 9.10. The highest BCUT2D eigenvalue weighted by Crippen LogP contribution is 2.37. The predicted octanol–water partition coefficient (Wildman–Crippen LogP) is 8.75. The van der Waals surface area contributed by atoms with Crippen LogP contribution in [0.4, 0.5) is 23.0 Å². The predicted molar refractivity (Wildman–Crippen MR) is 226 cm³/mol. The number of ether oxygens (including phenoxy) is 2. The molecule has 0 unspecified atom stereocenters. The van der Waals surface area contributed by atoms with E-state index in [1.807, 2.05) is 65.2 Å². The number of aliphatic imine (C=N–C) groups is 2. The number of nitrogens with one attached hydrogen (secondary N) is 4. The third kappa shape index (κ3) is 7.95. The molecular weight excluding hydrogens is 808 g/mol. The molecule has 16 heteroatoms. The standard InChI is InChI=1S/C24H23N5O3S.C17H16BrN5O/c1-14(2)32-21-9-17-12-25-11-16(17)8-20(21)28-23-19-10-22(29-24(19)27-13-26-23)33(30,31)18-6-4-15(3)5-7-18;1-9(2)24-14-4-11-7-19-6-10(11)3-13(14)22-16-12-5-15(18)23-17(12)21-8-20-16/h4-11,13-14H,12H2,1-3H3,(H2,26,27,28,29);3-6,8-9H,7H2,1-2H3,(H2,20,21,22,23). The van der Waals surface area contributed by atoms with Crippen molar-refractivity contribution in [3.05, 3.63) is 106 Å². The van der Waals surface area contributed by atoms with Crippen LogP contribution in [0.3, 0.4) is 0 Å². The molecule has 0 saturated heterocycles. The Morgan fingerprint density at radius 3 is 1.72 bits per heavy atom. The van der Waals surface area contributed by atoms with E-state index in [0.29, 0.717) is 35.7 Å². The maximum absolute atomic E-state index is 13.2. The third-order valence-corrected chi connectivity index (χ3v) is 11.2. The van der Waals surface area contributed by atoms with Gasteiger partial charge in [-0.15, -0.1) is 0 Å². The molecule has 2 aliphatic heterocycles. The van der Waals surface area contributed by atoms with Crippen LogP contribution in [0.25, 0.3) is 22.1 Å². The summed E-state index contributed by atoms with van der Waals surface area (Å²) in [6.07, 6.45) is 6.71. The minimum atomic E-state index is -3.73. The summed E-state index contributed by atoms with van der Waals surface area (Å²) in [6.45, 7) is 11.2. The van der Waals surface area contributed by atoms with Crippen molar-refractivity contribution in [3.63, 3.8) is 0 Å². The van der Waals surface area contributed by atoms with Crippen LogP contribution in [0.15, 0.2) is 97.8 Å². The number of fused-ring (bicyclic) bond motifs is 4. The molecule has 290 valence electrons. The lowest BCUT2D eigenvalue weighted by atomic mass is 10.1. The van der Waals surface area contributed by atoms with Crippen molar-refractivity contribution < 1.29 is 17.9 Å². The molecule has 3 aromatic carbocycles. The van der Waals surface area contributed by atoms with Gasteiger partial charge in [-0.3, -0.25) is 9.98 Å². The minimum absolute atomic E-state index is 0.0187. The number of aryl methyl sites for hydroxylation is 1. The molecular formula is C41H39BrN10O4S. The molecule has 0 fully saturated rings. The summed E-state index contributed by atoms with van der Waals surface area (Å²) in [7, 11) is -3.73. The maximum Gasteiger partial charge on any atom is 0.221 e. The molecule has 0 aliphatic carbocycles. The van der Waals surface area contributed by atoms with Gasteiger partial charge in [-0.1, -0.05) is 17.7 Å². The molecule has 14 nitrogen and oxygen atoms in total. The Hall–Kier alpha value is -6.13. The maximum atomic E-state index is 13.2. The first-order chi connectivity index (χ1) is 27.4. The van der Waals surface area contributed by atoms with E-state index in [0.717, 1.165) is 60.8 Å². The van der Waals surface area contributed by atoms with Gasteiger partial charge in [-0.25, -0.2) is 28.4 Å². The van der Waals surface area contributed by atoms with Crippen LogP contribution < -0.4 is 20.1 Å². The summed E-state index contributed by atoms with van der Waals surface area (Å²) in [4.78, 5) is 32.2. The van der Waals surface area contributed by atoms with Crippen molar-refractivity contribution in [1.29, 1.82) is 0 Å². The Kier molecular flexibility index (Phi) is 10.2. The van der Waals surface area contributed by atoms with Crippen LogP contribution in [0.2, 0.25) is 0 Å². The molecule has 2 aliphatic rings. The molecule has 0 spiro atoms. The number of halogens is 1. The van der Waals surface area contributed by atoms with Gasteiger partial charge in [0.2, 0.25) is 9.84 Å². The number of hydrogen-bond donors (Lipinski definition) is 4. The van der Waals surface area contributed by atoms with Gasteiger partial charge in [0, 0.05) is 12.4 Å². The van der Waals surface area contributed by atoms with Gasteiger partial charge in [0.25, 0.3) is 0 Å². The first-order valence-electron chi connectivity index (χ1n) is 18.3. The SMILES string of the molecule is CC(C)Oc1cc2c(cc1Nc1ncnc3[nH]c(Br)cc13)C=NC2.Cc1ccc(S(=O)(=O)c2cc3c(Nc4cc5c(cc4OC(C)C)CN=C5)ncnc3[nH]2)cc1. The molecule has 57 heavy (non-hydrogen) atoms. The normalized spacial score (nSPS) is 12.9. The lowest BCUT2D eigenvalue weighted by molar-refractivity contribution is 0.243. The summed E-state index contributed by atoms with van der Waals surface area (Å²) in [5.41, 5.74) is 8.16. The quantitative estimate of drug-likeness (QED) is 0.104. The van der Waals surface area contributed by atoms with E-state index in [1.54, 1.807) is 30.3 Å². The van der Waals surface area contributed by atoms with Gasteiger partial charge in [0.1, 0.15) is 52.1 Å². The number of sulfone groups is 1. The van der Waals surface area contributed by atoms with Crippen LogP contribution in [0.1, 0.15) is 55.5 Å². The zero-order valence-corrected chi connectivity index (χ0v) is 34.2. The van der Waals surface area contributed by atoms with Crippen LogP contribution in [0, 0.1) is 6.92 Å². The van der Waals surface area contributed by atoms with Crippen LogP contribution in [-0.4, -0.2) is 63.0 Å². The fourth-order valence-electron chi connectivity index (χ4n) is 6.44. The Labute approximate surface area is 337 Å². The van der Waals surface area contributed by atoms with Crippen molar-refractivity contribution in [1.82, 2.24) is 29.9 Å². The van der Waals surface area contributed by atoms with E-state index in [2.05, 4.69) is 78.6 Å². The minimum Gasteiger partial charge on any atom is -0.489 e. The smallest absolute Gasteiger partial charge is 0.221 e. The Balaban J connectivity index is 0.000000168. The zero-order valence-electron chi connectivity index (χ0n) is 31.8. The lowest BCUT2D eigenvalue weighted by Gasteiger charge is -2.17. The molecule has 0 bridgehead atoms. The fourth-order valence-corrected chi connectivity index (χ4v) is 8.11. The van der Waals surface area contributed by atoms with E-state index in [9.17, 15) is 8.42 Å². The van der Waals surface area contributed by atoms with E-state index in [-0.39, 0.29) is 22.1 Å². The van der Waals surface area contributed by atoms with Gasteiger partial charge < -0.3 is 30.1 Å². The zero-order chi connectivity index (χ0) is 39.8. The third-order valence-electron chi connectivity index (χ3n) is 9.11. The number of anilines is 4. The molecule has 0 amide bonds. The molecule has 6 heterocycles. The van der Waals surface area contributed by atoms with Gasteiger partial charge in [-0.05, 0) is 121 Å². The summed E-state index contributed by atoms with van der Waals surface area (Å²) in [5.74, 6) is 2.69. The summed E-state index contributed by atoms with van der Waals surface area (Å²) in [5, 5.41) is 8.23. The van der Waals surface area contributed by atoms with Gasteiger partial charge >= 0.3 is 0 Å². The highest BCUT2D eigenvalue weighted by Gasteiger charge is 2.23. The van der Waals surface area contributed by atoms with Crippen molar-refractivity contribution in [2.45, 2.75) is 69.8 Å². The number of H-pyrrole nitrogens is 2. The highest BCUT2D eigenvalue weighted by atomic mass is 79.9. The lowest BCUT2D eigenvalue weighted by Crippen LogP contribution is -2.08. The van der Waals surface area contributed by atoms with Crippen LogP contribution >= 0.6 is 15.9 Å². The summed E-state index contributed by atoms with van der Waals surface area (Å²) >= 11 is 3.44. The first-order valence-corrected chi connectivity index (χ1v) is 20.5. The molecule has 4 N–H and O–H groups in total. The second-order valence-electron chi connectivity index (χ2n) is 14.2. The number of nitrogens with zero attached hydrogens (tertiary/aromatic N) is 6. The van der Waals surface area contributed by atoms with E-state index in [1.165, 1.54) is 18.2 Å². The second kappa shape index (κ2) is 15.4. The number of aromatic amines is 2. The fraction of sp³-hybridized carbons (Fsp3) is 0.220. The number of hydrogen-bond acceptors (Lipinski definition) is 12. The molecule has 9 rings (SSSR count). The van der Waals surface area contributed by atoms with E-state index in [4.69, 9.17) is 9.47 Å². The molecule has 0 saturated carbocycles. The average Bonchev–Trinajstić information content (AvgIpc) is 3.98. The van der Waals surface area contributed by atoms with Gasteiger partial charge in [0.05, 0.1) is 56.9 Å². The Bertz CT molecular complexity index is 2810. The molecule has 0 atom stereocenters. The summed E-state index contributed by atoms with van der Waals surface area (Å²) < 4.78 is 39.2. The van der Waals surface area contributed by atoms with E-state index < -0.39 is 9.84 Å². The van der Waals surface area contributed by atoms with Crippen molar-refractivity contribution in [3.8, 4) is 11.5 Å². The Morgan fingerprint density at radius 2 is 1.19 bits per heavy atom. The van der Waals surface area contributed by atoms with Gasteiger partial charge in [0.15, 0.2) is 0 Å². The topological polar surface area (TPSA) is 185 Å². The first kappa shape index (κ1) is 37.8. The van der Waals surface area contributed by atoms with Gasteiger partial charge in [-0.2, -0.15) is 0 Å². The molecule has 0 radical (unpaired) electrons. The number of aromatic nitrogens is 6. The summed E-state index contributed by atoms with van der Waals surface area (Å²) in [6, 6.07) is 18.3. The Morgan fingerprint density at radius 1 is 0.684 bits per heavy atom. The monoisotopic (exact) mass is 846 g/mol. The van der Waals surface area contributed by atoms with Crippen molar-refractivity contribution in [2.24, 2.45) is 9.98 Å². The molecule has 4 aromatic heterocycles. The van der Waals surface area contributed by atoms with Crippen molar-refractivity contribution >= 4 is 83.3 Å². The van der Waals surface area contributed by atoms with E-state index >= 15 is 0 Å². The van der Waals surface area contributed by atoms with Crippen molar-refractivity contribution in [2.75, 3.05) is 10.6 Å². The molecule has 7 aromatic rings. The van der Waals surface area contributed by atoms with Crippen LogP contribution in [0.5, 0.6) is 11.5 Å². The average molecular weight is 848 g/mol.